The summed E-state index contributed by atoms with van der Waals surface area (Å²) < 4.78 is 5.81. The van der Waals surface area contributed by atoms with Crippen LogP contribution in [-0.4, -0.2) is 75.4 Å². The van der Waals surface area contributed by atoms with Gasteiger partial charge in [-0.05, 0) is 20.0 Å². The largest absolute Gasteiger partial charge is 0.376 e. The van der Waals surface area contributed by atoms with Gasteiger partial charge in [-0.2, -0.15) is 0 Å². The van der Waals surface area contributed by atoms with Crippen LogP contribution < -0.4 is 5.32 Å². The lowest BCUT2D eigenvalue weighted by Crippen LogP contribution is -2.45. The number of nitrogens with zero attached hydrogens (tertiary/aromatic N) is 2. The summed E-state index contributed by atoms with van der Waals surface area (Å²) in [5, 5.41) is 3.32. The van der Waals surface area contributed by atoms with E-state index in [0.29, 0.717) is 6.10 Å². The topological polar surface area (TPSA) is 27.7 Å². The minimum Gasteiger partial charge on any atom is -0.376 e. The molecule has 2 fully saturated rings. The fraction of sp³-hybridized carbons (Fsp3) is 1.00. The van der Waals surface area contributed by atoms with Crippen LogP contribution in [0.3, 0.4) is 0 Å². The zero-order valence-electron chi connectivity index (χ0n) is 9.74. The lowest BCUT2D eigenvalue weighted by Gasteiger charge is -2.32. The van der Waals surface area contributed by atoms with Crippen molar-refractivity contribution in [1.82, 2.24) is 15.1 Å². The molecule has 0 saturated carbocycles. The van der Waals surface area contributed by atoms with Gasteiger partial charge in [0, 0.05) is 39.3 Å². The summed E-state index contributed by atoms with van der Waals surface area (Å²) in [6, 6.07) is 0. The molecule has 1 unspecified atom stereocenters. The molecule has 0 spiro atoms. The Morgan fingerprint density at radius 2 is 2.07 bits per heavy atom. The number of likely N-dealkylation sites (N-methyl/N-ethyl adjacent to an activating group) is 1. The van der Waals surface area contributed by atoms with E-state index in [1.807, 2.05) is 0 Å². The third-order valence-electron chi connectivity index (χ3n) is 3.37. The van der Waals surface area contributed by atoms with E-state index in [1.165, 1.54) is 32.6 Å². The first kappa shape index (κ1) is 11.3. The van der Waals surface area contributed by atoms with E-state index in [9.17, 15) is 0 Å². The van der Waals surface area contributed by atoms with Gasteiger partial charge < -0.3 is 15.0 Å². The highest BCUT2D eigenvalue weighted by molar-refractivity contribution is 4.72. The van der Waals surface area contributed by atoms with Gasteiger partial charge in [0.1, 0.15) is 0 Å². The molecule has 2 aliphatic rings. The van der Waals surface area contributed by atoms with Crippen LogP contribution in [0, 0.1) is 0 Å². The molecule has 1 atom stereocenters. The summed E-state index contributed by atoms with van der Waals surface area (Å²) in [6.45, 7) is 8.96. The molecular formula is C11H23N3O. The third-order valence-corrected chi connectivity index (χ3v) is 3.37. The maximum atomic E-state index is 5.81. The van der Waals surface area contributed by atoms with E-state index in [4.69, 9.17) is 4.74 Å². The first-order chi connectivity index (χ1) is 7.34. The number of hydrogen-bond donors (Lipinski definition) is 1. The molecule has 0 aromatic heterocycles. The summed E-state index contributed by atoms with van der Waals surface area (Å²) in [6.07, 6.45) is 1.65. The Morgan fingerprint density at radius 3 is 2.73 bits per heavy atom. The Labute approximate surface area is 92.6 Å². The molecule has 0 aromatic rings. The van der Waals surface area contributed by atoms with Gasteiger partial charge in [0.05, 0.1) is 12.7 Å². The number of ether oxygens (including phenoxy) is 1. The molecule has 0 bridgehead atoms. The predicted octanol–water partition coefficient (Wildman–Crippen LogP) is -0.388. The van der Waals surface area contributed by atoms with E-state index in [-0.39, 0.29) is 0 Å². The van der Waals surface area contributed by atoms with Crippen LogP contribution in [0.1, 0.15) is 6.42 Å². The smallest absolute Gasteiger partial charge is 0.0712 e. The molecule has 0 radical (unpaired) electrons. The standard InChI is InChI=1S/C11H23N3O/c1-13-4-6-14(7-5-13)8-9-15-11-2-3-12-10-11/h11-12H,2-10H2,1H3. The van der Waals surface area contributed by atoms with Gasteiger partial charge in [-0.25, -0.2) is 0 Å². The maximum absolute atomic E-state index is 5.81. The fourth-order valence-corrected chi connectivity index (χ4v) is 2.19. The van der Waals surface area contributed by atoms with Crippen molar-refractivity contribution in [2.75, 3.05) is 59.5 Å². The molecular weight excluding hydrogens is 190 g/mol. The van der Waals surface area contributed by atoms with Crippen LogP contribution in [0.4, 0.5) is 0 Å². The molecule has 4 heteroatoms. The van der Waals surface area contributed by atoms with Crippen LogP contribution in [0.15, 0.2) is 0 Å². The summed E-state index contributed by atoms with van der Waals surface area (Å²) in [4.78, 5) is 4.89. The summed E-state index contributed by atoms with van der Waals surface area (Å²) >= 11 is 0. The molecule has 2 aliphatic heterocycles. The van der Waals surface area contributed by atoms with Crippen LogP contribution in [0.25, 0.3) is 0 Å². The highest BCUT2D eigenvalue weighted by atomic mass is 16.5. The van der Waals surface area contributed by atoms with Crippen LogP contribution in [0.2, 0.25) is 0 Å². The molecule has 0 amide bonds. The number of nitrogens with one attached hydrogen (secondary N) is 1. The lowest BCUT2D eigenvalue weighted by molar-refractivity contribution is 0.0396. The van der Waals surface area contributed by atoms with Crippen molar-refractivity contribution in [2.45, 2.75) is 12.5 Å². The number of piperazine rings is 1. The van der Waals surface area contributed by atoms with Gasteiger partial charge in [0.15, 0.2) is 0 Å². The van der Waals surface area contributed by atoms with Gasteiger partial charge in [-0.3, -0.25) is 4.90 Å². The Kier molecular flexibility index (Phi) is 4.38. The molecule has 2 heterocycles. The fourth-order valence-electron chi connectivity index (χ4n) is 2.19. The normalized spacial score (nSPS) is 29.8. The predicted molar refractivity (Wildman–Crippen MR) is 61.2 cm³/mol. The average molecular weight is 213 g/mol. The van der Waals surface area contributed by atoms with Crippen molar-refractivity contribution in [3.05, 3.63) is 0 Å². The maximum Gasteiger partial charge on any atom is 0.0712 e. The molecule has 88 valence electrons. The van der Waals surface area contributed by atoms with E-state index in [0.717, 1.165) is 26.2 Å². The molecule has 4 nitrogen and oxygen atoms in total. The average Bonchev–Trinajstić information content (AvgIpc) is 2.74. The second-order valence-corrected chi connectivity index (χ2v) is 4.63. The van der Waals surface area contributed by atoms with Crippen molar-refractivity contribution < 1.29 is 4.74 Å². The van der Waals surface area contributed by atoms with Gasteiger partial charge in [-0.15, -0.1) is 0 Å². The molecule has 2 rings (SSSR count). The highest BCUT2D eigenvalue weighted by Crippen LogP contribution is 2.04. The van der Waals surface area contributed by atoms with Crippen molar-refractivity contribution >= 4 is 0 Å². The van der Waals surface area contributed by atoms with Crippen LogP contribution in [-0.2, 0) is 4.74 Å². The Bertz CT molecular complexity index is 175. The zero-order valence-corrected chi connectivity index (χ0v) is 9.74. The minimum atomic E-state index is 0.470. The minimum absolute atomic E-state index is 0.470. The first-order valence-corrected chi connectivity index (χ1v) is 6.08. The summed E-state index contributed by atoms with van der Waals surface area (Å²) in [5.74, 6) is 0. The molecule has 0 aromatic carbocycles. The first-order valence-electron chi connectivity index (χ1n) is 6.08. The van der Waals surface area contributed by atoms with Crippen molar-refractivity contribution in [1.29, 1.82) is 0 Å². The second kappa shape index (κ2) is 5.80. The molecule has 1 N–H and O–H groups in total. The van der Waals surface area contributed by atoms with Crippen molar-refractivity contribution in [3.63, 3.8) is 0 Å². The highest BCUT2D eigenvalue weighted by Gasteiger charge is 2.16. The Morgan fingerprint density at radius 1 is 1.27 bits per heavy atom. The SMILES string of the molecule is CN1CCN(CCOC2CCNC2)CC1. The van der Waals surface area contributed by atoms with Gasteiger partial charge in [-0.1, -0.05) is 0 Å². The van der Waals surface area contributed by atoms with Crippen LogP contribution in [0.5, 0.6) is 0 Å². The van der Waals surface area contributed by atoms with E-state index in [2.05, 4.69) is 22.2 Å². The van der Waals surface area contributed by atoms with Crippen LogP contribution >= 0.6 is 0 Å². The Hall–Kier alpha value is -0.160. The monoisotopic (exact) mass is 213 g/mol. The Balaban J connectivity index is 1.53. The molecule has 0 aliphatic carbocycles. The lowest BCUT2D eigenvalue weighted by atomic mass is 10.3. The van der Waals surface area contributed by atoms with E-state index >= 15 is 0 Å². The summed E-state index contributed by atoms with van der Waals surface area (Å²) in [5.41, 5.74) is 0. The van der Waals surface area contributed by atoms with Crippen molar-refractivity contribution in [2.24, 2.45) is 0 Å². The quantitative estimate of drug-likeness (QED) is 0.688. The van der Waals surface area contributed by atoms with Gasteiger partial charge in [0.25, 0.3) is 0 Å². The van der Waals surface area contributed by atoms with Gasteiger partial charge >= 0.3 is 0 Å². The number of rotatable bonds is 4. The second-order valence-electron chi connectivity index (χ2n) is 4.63. The van der Waals surface area contributed by atoms with E-state index < -0.39 is 0 Å². The van der Waals surface area contributed by atoms with E-state index in [1.54, 1.807) is 0 Å². The molecule has 15 heavy (non-hydrogen) atoms. The summed E-state index contributed by atoms with van der Waals surface area (Å²) in [7, 11) is 2.19. The van der Waals surface area contributed by atoms with Gasteiger partial charge in [0.2, 0.25) is 0 Å². The van der Waals surface area contributed by atoms with Crippen molar-refractivity contribution in [3.8, 4) is 0 Å². The third kappa shape index (κ3) is 3.72. The molecule has 2 saturated heterocycles. The number of hydrogen-bond acceptors (Lipinski definition) is 4. The zero-order chi connectivity index (χ0) is 10.5.